The number of ketones is 1. The lowest BCUT2D eigenvalue weighted by Crippen LogP contribution is -2.33. The molecule has 3 N–H and O–H groups in total. The van der Waals surface area contributed by atoms with Gasteiger partial charge in [0.05, 0.1) is 11.4 Å². The normalized spacial score (nSPS) is 14.7. The van der Waals surface area contributed by atoms with E-state index in [-0.39, 0.29) is 34.9 Å². The summed E-state index contributed by atoms with van der Waals surface area (Å²) in [6, 6.07) is 23.5. The van der Waals surface area contributed by atoms with Gasteiger partial charge in [0.15, 0.2) is 0 Å². The van der Waals surface area contributed by atoms with E-state index in [4.69, 9.17) is 5.10 Å². The van der Waals surface area contributed by atoms with E-state index in [1.807, 2.05) is 61.5 Å². The second-order valence-electron chi connectivity index (χ2n) is 12.8. The number of nitrogens with one attached hydrogen (secondary N) is 3. The summed E-state index contributed by atoms with van der Waals surface area (Å²) in [7, 11) is 0. The van der Waals surface area contributed by atoms with Crippen molar-refractivity contribution in [3.63, 3.8) is 0 Å². The van der Waals surface area contributed by atoms with E-state index in [0.717, 1.165) is 54.0 Å². The van der Waals surface area contributed by atoms with Gasteiger partial charge in [0, 0.05) is 29.5 Å². The Bertz CT molecular complexity index is 1570. The molecular formula is C36H42FN5O2. The van der Waals surface area contributed by atoms with Gasteiger partial charge in [-0.3, -0.25) is 10.1 Å². The van der Waals surface area contributed by atoms with Crippen LogP contribution in [0, 0.1) is 18.7 Å². The summed E-state index contributed by atoms with van der Waals surface area (Å²) >= 11 is 0. The summed E-state index contributed by atoms with van der Waals surface area (Å²) < 4.78 is 15.1. The fourth-order valence-electron chi connectivity index (χ4n) is 5.74. The fourth-order valence-corrected chi connectivity index (χ4v) is 5.74. The fraction of sp³-hybridized carbons (Fsp3) is 0.361. The van der Waals surface area contributed by atoms with Gasteiger partial charge in [-0.25, -0.2) is 13.9 Å². The number of piperidine rings is 1. The van der Waals surface area contributed by atoms with E-state index < -0.39 is 0 Å². The molecule has 1 unspecified atom stereocenters. The van der Waals surface area contributed by atoms with Crippen LogP contribution in [0.4, 0.5) is 20.7 Å². The van der Waals surface area contributed by atoms with Crippen molar-refractivity contribution >= 4 is 23.3 Å². The molecule has 5 rings (SSSR count). The zero-order valence-corrected chi connectivity index (χ0v) is 26.0. The SMILES string of the molecule is Cc1ccc(-n2nc(C(C)(C)C)cc2NC(=O)Nc2ccc(C(C(=O)CCc3ccc(F)cc3)C3CCNCC3)cc2)cc1. The number of aromatic nitrogens is 2. The van der Waals surface area contributed by atoms with Crippen molar-refractivity contribution < 1.29 is 14.0 Å². The van der Waals surface area contributed by atoms with Gasteiger partial charge in [0.2, 0.25) is 0 Å². The van der Waals surface area contributed by atoms with Crippen molar-refractivity contribution in [2.75, 3.05) is 23.7 Å². The highest BCUT2D eigenvalue weighted by molar-refractivity contribution is 5.99. The molecule has 1 fully saturated rings. The molecule has 0 radical (unpaired) electrons. The molecule has 2 amide bonds. The maximum atomic E-state index is 13.6. The smallest absolute Gasteiger partial charge is 0.317 e. The third-order valence-electron chi connectivity index (χ3n) is 8.30. The van der Waals surface area contributed by atoms with E-state index in [1.165, 1.54) is 12.1 Å². The van der Waals surface area contributed by atoms with Crippen LogP contribution in [-0.4, -0.2) is 34.7 Å². The highest BCUT2D eigenvalue weighted by atomic mass is 19.1. The lowest BCUT2D eigenvalue weighted by molar-refractivity contribution is -0.121. The minimum atomic E-state index is -0.378. The Labute approximate surface area is 259 Å². The predicted octanol–water partition coefficient (Wildman–Crippen LogP) is 7.55. The number of benzene rings is 3. The van der Waals surface area contributed by atoms with Gasteiger partial charge >= 0.3 is 6.03 Å². The molecule has 0 aliphatic carbocycles. The van der Waals surface area contributed by atoms with Crippen LogP contribution >= 0.6 is 0 Å². The second-order valence-corrected chi connectivity index (χ2v) is 12.8. The molecule has 2 heterocycles. The van der Waals surface area contributed by atoms with Crippen molar-refractivity contribution in [2.45, 2.75) is 64.7 Å². The van der Waals surface area contributed by atoms with Crippen LogP contribution in [0.2, 0.25) is 0 Å². The van der Waals surface area contributed by atoms with Gasteiger partial charge in [-0.05, 0) is 92.7 Å². The third kappa shape index (κ3) is 7.80. The number of amides is 2. The number of carbonyl (C=O) groups excluding carboxylic acids is 2. The van der Waals surface area contributed by atoms with E-state index in [2.05, 4.69) is 36.7 Å². The Morgan fingerprint density at radius 1 is 0.955 bits per heavy atom. The van der Waals surface area contributed by atoms with Crippen LogP contribution in [0.3, 0.4) is 0 Å². The molecule has 1 atom stereocenters. The Hall–Kier alpha value is -4.30. The van der Waals surface area contributed by atoms with Crippen molar-refractivity contribution in [1.82, 2.24) is 15.1 Å². The Morgan fingerprint density at radius 3 is 2.25 bits per heavy atom. The van der Waals surface area contributed by atoms with Gasteiger partial charge in [0.1, 0.15) is 17.4 Å². The van der Waals surface area contributed by atoms with Crippen molar-refractivity contribution in [3.05, 3.63) is 107 Å². The molecule has 8 heteroatoms. The molecular weight excluding hydrogens is 553 g/mol. The quantitative estimate of drug-likeness (QED) is 0.187. The maximum absolute atomic E-state index is 13.6. The van der Waals surface area contributed by atoms with E-state index in [9.17, 15) is 14.0 Å². The zero-order valence-electron chi connectivity index (χ0n) is 26.0. The Balaban J connectivity index is 1.29. The second kappa shape index (κ2) is 13.6. The minimum Gasteiger partial charge on any atom is -0.317 e. The van der Waals surface area contributed by atoms with Gasteiger partial charge in [-0.15, -0.1) is 0 Å². The topological polar surface area (TPSA) is 88.1 Å². The summed E-state index contributed by atoms with van der Waals surface area (Å²) in [5.74, 6) is 0.518. The lowest BCUT2D eigenvalue weighted by Gasteiger charge is -2.30. The van der Waals surface area contributed by atoms with Gasteiger partial charge in [-0.1, -0.05) is 62.7 Å². The number of hydrogen-bond acceptors (Lipinski definition) is 4. The number of hydrogen-bond donors (Lipinski definition) is 3. The molecule has 0 spiro atoms. The van der Waals surface area contributed by atoms with Crippen LogP contribution in [0.5, 0.6) is 0 Å². The van der Waals surface area contributed by atoms with Crippen LogP contribution in [-0.2, 0) is 16.6 Å². The first kappa shape index (κ1) is 31.1. The third-order valence-corrected chi connectivity index (χ3v) is 8.30. The summed E-state index contributed by atoms with van der Waals surface area (Å²) in [5.41, 5.74) is 5.22. The number of aryl methyl sites for hydroxylation is 2. The monoisotopic (exact) mass is 595 g/mol. The maximum Gasteiger partial charge on any atom is 0.324 e. The molecule has 1 saturated heterocycles. The molecule has 1 aliphatic heterocycles. The summed E-state index contributed by atoms with van der Waals surface area (Å²) in [5, 5.41) is 14.1. The molecule has 0 saturated carbocycles. The van der Waals surface area contributed by atoms with Crippen molar-refractivity contribution in [1.29, 1.82) is 0 Å². The predicted molar refractivity (Wildman–Crippen MR) is 174 cm³/mol. The number of urea groups is 1. The highest BCUT2D eigenvalue weighted by Gasteiger charge is 2.30. The number of rotatable bonds is 9. The lowest BCUT2D eigenvalue weighted by atomic mass is 9.76. The average Bonchev–Trinajstić information content (AvgIpc) is 3.43. The number of halogens is 1. The van der Waals surface area contributed by atoms with E-state index >= 15 is 0 Å². The molecule has 1 aliphatic rings. The molecule has 1 aromatic heterocycles. The highest BCUT2D eigenvalue weighted by Crippen LogP contribution is 2.34. The van der Waals surface area contributed by atoms with Crippen LogP contribution in [0.15, 0.2) is 78.9 Å². The van der Waals surface area contributed by atoms with Gasteiger partial charge in [0.25, 0.3) is 0 Å². The summed E-state index contributed by atoms with van der Waals surface area (Å²) in [4.78, 5) is 26.8. The standard InChI is InChI=1S/C36H42FN5O2/c1-24-5-16-30(17-6-24)42-33(23-32(41-42)36(2,3)4)40-35(44)39-29-14-10-26(11-15-29)34(27-19-21-38-22-20-27)31(43)18-9-25-7-12-28(37)13-8-25/h5-8,10-17,23,27,34,38H,9,18-22H2,1-4H3,(H2,39,40,44). The molecule has 44 heavy (non-hydrogen) atoms. The molecule has 4 aromatic rings. The van der Waals surface area contributed by atoms with Crippen molar-refractivity contribution in [3.8, 4) is 5.69 Å². The van der Waals surface area contributed by atoms with E-state index in [1.54, 1.807) is 16.8 Å². The Kier molecular flexibility index (Phi) is 9.59. The molecule has 7 nitrogen and oxygen atoms in total. The zero-order chi connectivity index (χ0) is 31.3. The number of anilines is 2. The molecule has 0 bridgehead atoms. The average molecular weight is 596 g/mol. The molecule has 230 valence electrons. The van der Waals surface area contributed by atoms with Gasteiger partial charge < -0.3 is 10.6 Å². The summed E-state index contributed by atoms with van der Waals surface area (Å²) in [6.07, 6.45) is 2.84. The van der Waals surface area contributed by atoms with Gasteiger partial charge in [-0.2, -0.15) is 5.10 Å². The first-order chi connectivity index (χ1) is 21.1. The van der Waals surface area contributed by atoms with Crippen LogP contribution in [0.25, 0.3) is 5.69 Å². The van der Waals surface area contributed by atoms with Crippen LogP contribution in [0.1, 0.15) is 68.3 Å². The van der Waals surface area contributed by atoms with Crippen LogP contribution < -0.4 is 16.0 Å². The summed E-state index contributed by atoms with van der Waals surface area (Å²) in [6.45, 7) is 10.1. The first-order valence-corrected chi connectivity index (χ1v) is 15.4. The number of Topliss-reactive ketones (excluding diaryl/α,β-unsaturated/α-hetero) is 1. The first-order valence-electron chi connectivity index (χ1n) is 15.4. The van der Waals surface area contributed by atoms with E-state index in [0.29, 0.717) is 24.3 Å². The Morgan fingerprint density at radius 2 is 1.61 bits per heavy atom. The molecule has 3 aromatic carbocycles. The number of carbonyl (C=O) groups is 2. The largest absolute Gasteiger partial charge is 0.324 e. The van der Waals surface area contributed by atoms with Crippen molar-refractivity contribution in [2.24, 2.45) is 5.92 Å². The number of nitrogens with zero attached hydrogens (tertiary/aromatic N) is 2. The minimum absolute atomic E-state index is 0.193.